The Labute approximate surface area is 180 Å². The Morgan fingerprint density at radius 3 is 1.57 bits per heavy atom. The van der Waals surface area contributed by atoms with Crippen molar-refractivity contribution >= 4 is 0 Å². The van der Waals surface area contributed by atoms with Gasteiger partial charge in [-0.25, -0.2) is 0 Å². The summed E-state index contributed by atoms with van der Waals surface area (Å²) in [7, 11) is 0. The SMILES string of the molecule is Cc1cc(CCO)cc(C(c2cc(CCO)cc(C)c2O)C2CCCCCC2)c1O. The Balaban J connectivity index is 2.20. The molecule has 0 saturated heterocycles. The zero-order valence-corrected chi connectivity index (χ0v) is 18.3. The number of rotatable bonds is 7. The zero-order valence-electron chi connectivity index (χ0n) is 18.3. The van der Waals surface area contributed by atoms with E-state index in [0.29, 0.717) is 18.8 Å². The molecule has 164 valence electrons. The van der Waals surface area contributed by atoms with Crippen LogP contribution >= 0.6 is 0 Å². The van der Waals surface area contributed by atoms with Crippen molar-refractivity contribution in [1.29, 1.82) is 0 Å². The van der Waals surface area contributed by atoms with Crippen LogP contribution in [0.3, 0.4) is 0 Å². The van der Waals surface area contributed by atoms with E-state index in [1.807, 2.05) is 38.1 Å². The molecule has 1 aliphatic carbocycles. The van der Waals surface area contributed by atoms with Crippen LogP contribution in [0.5, 0.6) is 11.5 Å². The van der Waals surface area contributed by atoms with Gasteiger partial charge < -0.3 is 20.4 Å². The summed E-state index contributed by atoms with van der Waals surface area (Å²) < 4.78 is 0. The molecular formula is C26H36O4. The average Bonchev–Trinajstić information content (AvgIpc) is 2.99. The molecule has 0 atom stereocenters. The Hall–Kier alpha value is -2.04. The molecule has 0 heterocycles. The van der Waals surface area contributed by atoms with Gasteiger partial charge in [0.05, 0.1) is 0 Å². The van der Waals surface area contributed by atoms with Gasteiger partial charge in [0, 0.05) is 30.3 Å². The first kappa shape index (κ1) is 22.6. The highest BCUT2D eigenvalue weighted by molar-refractivity contribution is 5.54. The van der Waals surface area contributed by atoms with Gasteiger partial charge in [0.2, 0.25) is 0 Å². The number of hydrogen-bond acceptors (Lipinski definition) is 4. The molecule has 3 rings (SSSR count). The summed E-state index contributed by atoms with van der Waals surface area (Å²) in [5, 5.41) is 41.1. The number of benzene rings is 2. The van der Waals surface area contributed by atoms with Crippen molar-refractivity contribution in [3.8, 4) is 11.5 Å². The first-order chi connectivity index (χ1) is 14.5. The van der Waals surface area contributed by atoms with E-state index in [-0.39, 0.29) is 30.6 Å². The second kappa shape index (κ2) is 10.3. The average molecular weight is 413 g/mol. The van der Waals surface area contributed by atoms with Gasteiger partial charge in [-0.1, -0.05) is 49.9 Å². The highest BCUT2D eigenvalue weighted by atomic mass is 16.3. The molecule has 2 aromatic carbocycles. The molecule has 1 saturated carbocycles. The molecule has 4 heteroatoms. The maximum Gasteiger partial charge on any atom is 0.122 e. The summed E-state index contributed by atoms with van der Waals surface area (Å²) in [4.78, 5) is 0. The predicted octanol–water partition coefficient (Wildman–Crippen LogP) is 4.89. The fourth-order valence-electron chi connectivity index (χ4n) is 5.11. The Morgan fingerprint density at radius 1 is 0.733 bits per heavy atom. The monoisotopic (exact) mass is 412 g/mol. The van der Waals surface area contributed by atoms with Gasteiger partial charge in [0.1, 0.15) is 11.5 Å². The third-order valence-corrected chi connectivity index (χ3v) is 6.62. The normalized spacial score (nSPS) is 15.5. The van der Waals surface area contributed by atoms with Crippen LogP contribution in [0, 0.1) is 19.8 Å². The summed E-state index contributed by atoms with van der Waals surface area (Å²) in [6, 6.07) is 7.90. The van der Waals surface area contributed by atoms with Gasteiger partial charge >= 0.3 is 0 Å². The van der Waals surface area contributed by atoms with Crippen LogP contribution in [-0.2, 0) is 12.8 Å². The van der Waals surface area contributed by atoms with Crippen molar-refractivity contribution in [2.45, 2.75) is 71.1 Å². The largest absolute Gasteiger partial charge is 0.507 e. The molecule has 1 fully saturated rings. The molecule has 30 heavy (non-hydrogen) atoms. The number of aromatic hydroxyl groups is 2. The molecule has 2 aromatic rings. The topological polar surface area (TPSA) is 80.9 Å². The molecule has 0 radical (unpaired) electrons. The van der Waals surface area contributed by atoms with E-state index >= 15 is 0 Å². The Morgan fingerprint density at radius 2 is 1.17 bits per heavy atom. The number of hydrogen-bond donors (Lipinski definition) is 4. The van der Waals surface area contributed by atoms with Gasteiger partial charge in [-0.15, -0.1) is 0 Å². The lowest BCUT2D eigenvalue weighted by Crippen LogP contribution is -2.16. The molecule has 0 unspecified atom stereocenters. The number of phenols is 2. The van der Waals surface area contributed by atoms with Gasteiger partial charge in [-0.05, 0) is 67.7 Å². The van der Waals surface area contributed by atoms with E-state index in [1.54, 1.807) is 0 Å². The lowest BCUT2D eigenvalue weighted by Gasteiger charge is -2.30. The standard InChI is InChI=1S/C26H36O4/c1-17-13-19(9-11-27)15-22(25(17)29)24(21-7-5-3-4-6-8-21)23-16-20(10-12-28)14-18(2)26(23)30/h13-16,21,24,27-30H,3-12H2,1-2H3. The Kier molecular flexibility index (Phi) is 7.79. The molecule has 4 nitrogen and oxygen atoms in total. The fourth-order valence-corrected chi connectivity index (χ4v) is 5.11. The van der Waals surface area contributed by atoms with Crippen LogP contribution in [0.15, 0.2) is 24.3 Å². The Bertz CT molecular complexity index is 789. The second-order valence-electron chi connectivity index (χ2n) is 8.88. The van der Waals surface area contributed by atoms with Crippen molar-refractivity contribution in [2.75, 3.05) is 13.2 Å². The maximum atomic E-state index is 11.1. The fraction of sp³-hybridized carbons (Fsp3) is 0.538. The van der Waals surface area contributed by atoms with E-state index in [9.17, 15) is 20.4 Å². The number of aliphatic hydroxyl groups excluding tert-OH is 2. The van der Waals surface area contributed by atoms with Crippen LogP contribution in [0.4, 0.5) is 0 Å². The third-order valence-electron chi connectivity index (χ3n) is 6.62. The lowest BCUT2D eigenvalue weighted by molar-refractivity contribution is 0.299. The summed E-state index contributed by atoms with van der Waals surface area (Å²) >= 11 is 0. The molecule has 0 aromatic heterocycles. The van der Waals surface area contributed by atoms with Crippen LogP contribution in [-0.4, -0.2) is 33.6 Å². The minimum Gasteiger partial charge on any atom is -0.507 e. The van der Waals surface area contributed by atoms with E-state index in [4.69, 9.17) is 0 Å². The second-order valence-corrected chi connectivity index (χ2v) is 8.88. The van der Waals surface area contributed by atoms with Gasteiger partial charge in [-0.2, -0.15) is 0 Å². The first-order valence-electron chi connectivity index (χ1n) is 11.3. The highest BCUT2D eigenvalue weighted by Crippen LogP contribution is 2.47. The van der Waals surface area contributed by atoms with Crippen LogP contribution in [0.1, 0.15) is 77.8 Å². The maximum absolute atomic E-state index is 11.1. The van der Waals surface area contributed by atoms with Crippen LogP contribution in [0.2, 0.25) is 0 Å². The third kappa shape index (κ3) is 4.98. The molecule has 0 aliphatic heterocycles. The van der Waals surface area contributed by atoms with Crippen molar-refractivity contribution in [2.24, 2.45) is 5.92 Å². The van der Waals surface area contributed by atoms with Gasteiger partial charge in [0.25, 0.3) is 0 Å². The van der Waals surface area contributed by atoms with Crippen molar-refractivity contribution < 1.29 is 20.4 Å². The van der Waals surface area contributed by atoms with E-state index < -0.39 is 0 Å². The lowest BCUT2D eigenvalue weighted by atomic mass is 9.74. The predicted molar refractivity (Wildman–Crippen MR) is 120 cm³/mol. The van der Waals surface area contributed by atoms with Crippen LogP contribution < -0.4 is 0 Å². The van der Waals surface area contributed by atoms with E-state index in [2.05, 4.69) is 0 Å². The van der Waals surface area contributed by atoms with E-state index in [0.717, 1.165) is 59.1 Å². The molecule has 1 aliphatic rings. The summed E-state index contributed by atoms with van der Waals surface area (Å²) in [6.45, 7) is 3.93. The number of phenolic OH excluding ortho intramolecular Hbond substituents is 2. The molecule has 0 spiro atoms. The minimum absolute atomic E-state index is 0.0636. The number of aryl methyl sites for hydroxylation is 2. The molecule has 0 bridgehead atoms. The van der Waals surface area contributed by atoms with Gasteiger partial charge in [-0.3, -0.25) is 0 Å². The zero-order chi connectivity index (χ0) is 21.7. The first-order valence-corrected chi connectivity index (χ1v) is 11.3. The molecule has 0 amide bonds. The summed E-state index contributed by atoms with van der Waals surface area (Å²) in [5.41, 5.74) is 5.31. The van der Waals surface area contributed by atoms with Crippen molar-refractivity contribution in [3.05, 3.63) is 57.6 Å². The van der Waals surface area contributed by atoms with Crippen molar-refractivity contribution in [3.63, 3.8) is 0 Å². The molecule has 4 N–H and O–H groups in total. The quantitative estimate of drug-likeness (QED) is 0.488. The molecular weight excluding hydrogens is 376 g/mol. The minimum atomic E-state index is -0.113. The van der Waals surface area contributed by atoms with Crippen molar-refractivity contribution in [1.82, 2.24) is 0 Å². The van der Waals surface area contributed by atoms with E-state index in [1.165, 1.54) is 12.8 Å². The number of aliphatic hydroxyl groups is 2. The highest BCUT2D eigenvalue weighted by Gasteiger charge is 2.31. The van der Waals surface area contributed by atoms with Gasteiger partial charge in [0.15, 0.2) is 0 Å². The van der Waals surface area contributed by atoms with Crippen LogP contribution in [0.25, 0.3) is 0 Å². The summed E-state index contributed by atoms with van der Waals surface area (Å²) in [5.74, 6) is 0.792. The smallest absolute Gasteiger partial charge is 0.122 e. The summed E-state index contributed by atoms with van der Waals surface area (Å²) in [6.07, 6.45) is 8.00.